The third kappa shape index (κ3) is 5.03. The minimum atomic E-state index is -0.806. The Bertz CT molecular complexity index is 921. The smallest absolute Gasteiger partial charge is 0.313 e. The van der Waals surface area contributed by atoms with Gasteiger partial charge in [0.05, 0.1) is 6.10 Å². The van der Waals surface area contributed by atoms with E-state index in [4.69, 9.17) is 4.42 Å². The number of amides is 3. The highest BCUT2D eigenvalue weighted by Crippen LogP contribution is 2.25. The van der Waals surface area contributed by atoms with Crippen LogP contribution in [0.25, 0.3) is 0 Å². The SMILES string of the molecule is Cc1cc([C@@H](O)CCNC(=O)C(=O)Nc2cccc(N3CCCC3=O)c2)c(C)o1. The van der Waals surface area contributed by atoms with Crippen molar-refractivity contribution in [1.82, 2.24) is 5.32 Å². The summed E-state index contributed by atoms with van der Waals surface area (Å²) < 4.78 is 5.38. The third-order valence-corrected chi connectivity index (χ3v) is 4.84. The van der Waals surface area contributed by atoms with E-state index in [2.05, 4.69) is 10.6 Å². The van der Waals surface area contributed by atoms with Crippen LogP contribution in [0.15, 0.2) is 34.7 Å². The molecule has 1 saturated heterocycles. The zero-order valence-corrected chi connectivity index (χ0v) is 16.5. The van der Waals surface area contributed by atoms with E-state index in [1.165, 1.54) is 0 Å². The molecule has 3 rings (SSSR count). The second kappa shape index (κ2) is 8.91. The lowest BCUT2D eigenvalue weighted by atomic mass is 10.1. The molecule has 0 unspecified atom stereocenters. The molecule has 2 aromatic rings. The summed E-state index contributed by atoms with van der Waals surface area (Å²) >= 11 is 0. The highest BCUT2D eigenvalue weighted by atomic mass is 16.3. The fourth-order valence-electron chi connectivity index (χ4n) is 3.40. The maximum Gasteiger partial charge on any atom is 0.313 e. The molecule has 1 aliphatic heterocycles. The number of aliphatic hydroxyl groups is 1. The number of aliphatic hydroxyl groups excluding tert-OH is 1. The summed E-state index contributed by atoms with van der Waals surface area (Å²) in [5.74, 6) is -0.208. The molecule has 0 aliphatic carbocycles. The van der Waals surface area contributed by atoms with Gasteiger partial charge in [-0.05, 0) is 51.0 Å². The Hall–Kier alpha value is -3.13. The summed E-state index contributed by atoms with van der Waals surface area (Å²) in [7, 11) is 0. The first-order valence-electron chi connectivity index (χ1n) is 9.60. The van der Waals surface area contributed by atoms with E-state index in [0.717, 1.165) is 6.42 Å². The molecule has 1 atom stereocenters. The molecule has 1 aliphatic rings. The number of nitrogens with one attached hydrogen (secondary N) is 2. The van der Waals surface area contributed by atoms with Gasteiger partial charge < -0.3 is 25.1 Å². The minimum Gasteiger partial charge on any atom is -0.466 e. The predicted octanol–water partition coefficient (Wildman–Crippen LogP) is 2.20. The first-order valence-corrected chi connectivity index (χ1v) is 9.60. The zero-order valence-electron chi connectivity index (χ0n) is 16.5. The molecule has 1 aromatic carbocycles. The van der Waals surface area contributed by atoms with Crippen molar-refractivity contribution in [2.24, 2.45) is 0 Å². The quantitative estimate of drug-likeness (QED) is 0.645. The molecule has 0 radical (unpaired) electrons. The van der Waals surface area contributed by atoms with Gasteiger partial charge in [0.1, 0.15) is 11.5 Å². The molecule has 3 amide bonds. The minimum absolute atomic E-state index is 0.0489. The maximum atomic E-state index is 12.1. The number of hydrogen-bond acceptors (Lipinski definition) is 5. The number of furan rings is 1. The first-order chi connectivity index (χ1) is 13.8. The molecular weight excluding hydrogens is 374 g/mol. The molecule has 2 heterocycles. The van der Waals surface area contributed by atoms with E-state index in [0.29, 0.717) is 41.4 Å². The molecule has 8 nitrogen and oxygen atoms in total. The largest absolute Gasteiger partial charge is 0.466 e. The van der Waals surface area contributed by atoms with E-state index < -0.39 is 17.9 Å². The van der Waals surface area contributed by atoms with Crippen LogP contribution >= 0.6 is 0 Å². The van der Waals surface area contributed by atoms with Gasteiger partial charge in [-0.1, -0.05) is 6.07 Å². The molecule has 0 saturated carbocycles. The summed E-state index contributed by atoms with van der Waals surface area (Å²) in [4.78, 5) is 37.7. The van der Waals surface area contributed by atoms with E-state index in [-0.39, 0.29) is 18.9 Å². The summed E-state index contributed by atoms with van der Waals surface area (Å²) in [6.07, 6.45) is 0.793. The van der Waals surface area contributed by atoms with E-state index in [9.17, 15) is 19.5 Å². The van der Waals surface area contributed by atoms with Crippen molar-refractivity contribution < 1.29 is 23.9 Å². The maximum absolute atomic E-state index is 12.1. The Morgan fingerprint density at radius 1 is 1.24 bits per heavy atom. The number of aryl methyl sites for hydroxylation is 2. The van der Waals surface area contributed by atoms with Crippen molar-refractivity contribution in [2.75, 3.05) is 23.3 Å². The van der Waals surface area contributed by atoms with E-state index >= 15 is 0 Å². The van der Waals surface area contributed by atoms with Crippen LogP contribution in [0.1, 0.15) is 42.5 Å². The molecule has 1 aromatic heterocycles. The zero-order chi connectivity index (χ0) is 21.0. The third-order valence-electron chi connectivity index (χ3n) is 4.84. The molecular formula is C21H25N3O5. The van der Waals surface area contributed by atoms with Gasteiger partial charge in [-0.15, -0.1) is 0 Å². The molecule has 154 valence electrons. The van der Waals surface area contributed by atoms with Crippen LogP contribution in [0.2, 0.25) is 0 Å². The van der Waals surface area contributed by atoms with Crippen LogP contribution in [-0.2, 0) is 14.4 Å². The predicted molar refractivity (Wildman–Crippen MR) is 107 cm³/mol. The highest BCUT2D eigenvalue weighted by molar-refractivity contribution is 6.39. The Morgan fingerprint density at radius 2 is 2.03 bits per heavy atom. The Labute approximate surface area is 168 Å². The fraction of sp³-hybridized carbons (Fsp3) is 0.381. The van der Waals surface area contributed by atoms with Crippen LogP contribution in [0.5, 0.6) is 0 Å². The van der Waals surface area contributed by atoms with Crippen LogP contribution < -0.4 is 15.5 Å². The van der Waals surface area contributed by atoms with Gasteiger partial charge in [-0.25, -0.2) is 0 Å². The average Bonchev–Trinajstić information content (AvgIpc) is 3.26. The number of carbonyl (C=O) groups excluding carboxylic acids is 3. The van der Waals surface area contributed by atoms with Crippen LogP contribution in [-0.4, -0.2) is 35.9 Å². The van der Waals surface area contributed by atoms with Crippen molar-refractivity contribution in [3.05, 3.63) is 47.4 Å². The Morgan fingerprint density at radius 3 is 2.69 bits per heavy atom. The number of nitrogens with zero attached hydrogens (tertiary/aromatic N) is 1. The van der Waals surface area contributed by atoms with E-state index in [1.807, 2.05) is 0 Å². The summed E-state index contributed by atoms with van der Waals surface area (Å²) in [5.41, 5.74) is 1.81. The molecule has 0 bridgehead atoms. The van der Waals surface area contributed by atoms with Gasteiger partial charge in [-0.3, -0.25) is 14.4 Å². The molecule has 8 heteroatoms. The van der Waals surface area contributed by atoms with Crippen LogP contribution in [0.4, 0.5) is 11.4 Å². The molecule has 3 N–H and O–H groups in total. The lowest BCUT2D eigenvalue weighted by Crippen LogP contribution is -2.36. The lowest BCUT2D eigenvalue weighted by Gasteiger charge is -2.16. The normalized spacial score (nSPS) is 14.7. The monoisotopic (exact) mass is 399 g/mol. The molecule has 1 fully saturated rings. The summed E-state index contributed by atoms with van der Waals surface area (Å²) in [6, 6.07) is 8.59. The number of carbonyl (C=O) groups is 3. The summed E-state index contributed by atoms with van der Waals surface area (Å²) in [6.45, 7) is 4.35. The van der Waals surface area contributed by atoms with E-state index in [1.54, 1.807) is 49.1 Å². The lowest BCUT2D eigenvalue weighted by molar-refractivity contribution is -0.136. The topological polar surface area (TPSA) is 112 Å². The van der Waals surface area contributed by atoms with Crippen LogP contribution in [0.3, 0.4) is 0 Å². The van der Waals surface area contributed by atoms with Crippen molar-refractivity contribution in [1.29, 1.82) is 0 Å². The fourth-order valence-corrected chi connectivity index (χ4v) is 3.40. The average molecular weight is 399 g/mol. The van der Waals surface area contributed by atoms with Gasteiger partial charge in [-0.2, -0.15) is 0 Å². The van der Waals surface area contributed by atoms with Crippen molar-refractivity contribution in [2.45, 2.75) is 39.2 Å². The van der Waals surface area contributed by atoms with Gasteiger partial charge in [0, 0.05) is 36.4 Å². The number of anilines is 2. The van der Waals surface area contributed by atoms with Gasteiger partial charge in [0.15, 0.2) is 0 Å². The van der Waals surface area contributed by atoms with Crippen molar-refractivity contribution >= 4 is 29.1 Å². The second-order valence-electron chi connectivity index (χ2n) is 7.08. The second-order valence-corrected chi connectivity index (χ2v) is 7.08. The molecule has 0 spiro atoms. The van der Waals surface area contributed by atoms with Crippen molar-refractivity contribution in [3.63, 3.8) is 0 Å². The number of hydrogen-bond donors (Lipinski definition) is 3. The Kier molecular flexibility index (Phi) is 6.33. The van der Waals surface area contributed by atoms with Crippen LogP contribution in [0, 0.1) is 13.8 Å². The standard InChI is InChI=1S/C21H25N3O5/c1-13-11-17(14(2)29-13)18(25)8-9-22-20(27)21(28)23-15-5-3-6-16(12-15)24-10-4-7-19(24)26/h3,5-6,11-12,18,25H,4,7-10H2,1-2H3,(H,22,27)(H,23,28)/t18-/m0/s1. The van der Waals surface area contributed by atoms with Gasteiger partial charge in [0.2, 0.25) is 5.91 Å². The number of benzene rings is 1. The summed E-state index contributed by atoms with van der Waals surface area (Å²) in [5, 5.41) is 15.2. The van der Waals surface area contributed by atoms with Gasteiger partial charge in [0.25, 0.3) is 0 Å². The Balaban J connectivity index is 1.50. The van der Waals surface area contributed by atoms with Gasteiger partial charge >= 0.3 is 11.8 Å². The first kappa shape index (κ1) is 20.6. The molecule has 29 heavy (non-hydrogen) atoms. The highest BCUT2D eigenvalue weighted by Gasteiger charge is 2.22. The number of rotatable bonds is 6. The van der Waals surface area contributed by atoms with Crippen molar-refractivity contribution in [3.8, 4) is 0 Å².